The molecule has 1 aromatic rings. The van der Waals surface area contributed by atoms with Crippen molar-refractivity contribution < 1.29 is 33.2 Å². The normalized spacial score (nSPS) is 31.3. The van der Waals surface area contributed by atoms with Crippen molar-refractivity contribution in [2.75, 3.05) is 41.7 Å². The van der Waals surface area contributed by atoms with Crippen LogP contribution in [0.4, 0.5) is 0 Å². The first-order valence-electron chi connectivity index (χ1n) is 11.5. The van der Waals surface area contributed by atoms with Gasteiger partial charge in [0.2, 0.25) is 0 Å². The first-order chi connectivity index (χ1) is 15.3. The highest BCUT2D eigenvalue weighted by molar-refractivity contribution is 5.87. The lowest BCUT2D eigenvalue weighted by atomic mass is 9.47. The SMILES string of the molecule is COc1cc(OC)c(OC)c(C[C@]2(C)C(=O)CC[C@@]3(C)[C@H]2CCCC32OCCO2)c1OC. The zero-order chi connectivity index (χ0) is 23.1. The summed E-state index contributed by atoms with van der Waals surface area (Å²) >= 11 is 0. The van der Waals surface area contributed by atoms with E-state index in [0.29, 0.717) is 49.1 Å². The number of benzene rings is 1. The molecule has 178 valence electrons. The minimum Gasteiger partial charge on any atom is -0.493 e. The van der Waals surface area contributed by atoms with Crippen molar-refractivity contribution in [3.63, 3.8) is 0 Å². The fraction of sp³-hybridized carbons (Fsp3) is 0.720. The molecule has 4 rings (SSSR count). The van der Waals surface area contributed by atoms with Gasteiger partial charge in [-0.3, -0.25) is 4.79 Å². The summed E-state index contributed by atoms with van der Waals surface area (Å²) < 4.78 is 35.2. The third-order valence-electron chi connectivity index (χ3n) is 8.32. The lowest BCUT2D eigenvalue weighted by molar-refractivity contribution is -0.286. The van der Waals surface area contributed by atoms with Crippen molar-refractivity contribution in [2.45, 2.75) is 58.2 Å². The number of carbonyl (C=O) groups is 1. The molecule has 3 atom stereocenters. The Morgan fingerprint density at radius 1 is 0.938 bits per heavy atom. The van der Waals surface area contributed by atoms with Gasteiger partial charge >= 0.3 is 0 Å². The van der Waals surface area contributed by atoms with Gasteiger partial charge in [-0.25, -0.2) is 0 Å². The molecular formula is C25H36O7. The number of methoxy groups -OCH3 is 4. The van der Waals surface area contributed by atoms with E-state index in [4.69, 9.17) is 28.4 Å². The Morgan fingerprint density at radius 3 is 2.06 bits per heavy atom. The lowest BCUT2D eigenvalue weighted by Gasteiger charge is -2.60. The number of rotatable bonds is 6. The average Bonchev–Trinajstić information content (AvgIpc) is 3.27. The van der Waals surface area contributed by atoms with Crippen LogP contribution in [-0.4, -0.2) is 53.2 Å². The van der Waals surface area contributed by atoms with Crippen LogP contribution in [-0.2, 0) is 20.7 Å². The molecule has 0 amide bonds. The van der Waals surface area contributed by atoms with Gasteiger partial charge in [0, 0.05) is 35.3 Å². The fourth-order valence-electron chi connectivity index (χ4n) is 6.73. The molecule has 0 radical (unpaired) electrons. The first kappa shape index (κ1) is 23.2. The average molecular weight is 449 g/mol. The molecule has 32 heavy (non-hydrogen) atoms. The first-order valence-corrected chi connectivity index (χ1v) is 11.5. The van der Waals surface area contributed by atoms with Gasteiger partial charge in [-0.2, -0.15) is 0 Å². The third kappa shape index (κ3) is 3.19. The molecule has 2 saturated carbocycles. The molecule has 0 aromatic heterocycles. The third-order valence-corrected chi connectivity index (χ3v) is 8.32. The minimum atomic E-state index is -0.631. The molecule has 1 saturated heterocycles. The van der Waals surface area contributed by atoms with Crippen LogP contribution in [0.5, 0.6) is 23.0 Å². The Labute approximate surface area is 190 Å². The summed E-state index contributed by atoms with van der Waals surface area (Å²) in [5, 5.41) is 0. The predicted octanol–water partition coefficient (Wildman–Crippen LogP) is 4.18. The maximum atomic E-state index is 13.6. The number of fused-ring (bicyclic) bond motifs is 2. The minimum absolute atomic E-state index is 0.106. The van der Waals surface area contributed by atoms with Crippen LogP contribution in [0, 0.1) is 16.7 Å². The molecule has 0 N–H and O–H groups in total. The number of hydrogen-bond acceptors (Lipinski definition) is 7. The van der Waals surface area contributed by atoms with Crippen LogP contribution < -0.4 is 18.9 Å². The molecule has 3 aliphatic rings. The van der Waals surface area contributed by atoms with Crippen molar-refractivity contribution in [3.05, 3.63) is 11.6 Å². The predicted molar refractivity (Wildman–Crippen MR) is 119 cm³/mol. The zero-order valence-electron chi connectivity index (χ0n) is 20.2. The van der Waals surface area contributed by atoms with Crippen molar-refractivity contribution in [3.8, 4) is 23.0 Å². The van der Waals surface area contributed by atoms with Gasteiger partial charge in [0.05, 0.1) is 41.7 Å². The molecule has 0 bridgehead atoms. The number of Topliss-reactive ketones (excluding diaryl/α,β-unsaturated/α-hetero) is 1. The molecule has 3 fully saturated rings. The summed E-state index contributed by atoms with van der Waals surface area (Å²) in [6.45, 7) is 5.58. The van der Waals surface area contributed by atoms with E-state index in [1.807, 2.05) is 0 Å². The van der Waals surface area contributed by atoms with Crippen molar-refractivity contribution in [1.82, 2.24) is 0 Å². The van der Waals surface area contributed by atoms with Gasteiger partial charge in [-0.05, 0) is 31.6 Å². The van der Waals surface area contributed by atoms with Gasteiger partial charge in [0.1, 0.15) is 5.78 Å². The molecular weight excluding hydrogens is 412 g/mol. The second-order valence-corrected chi connectivity index (χ2v) is 9.66. The van der Waals surface area contributed by atoms with E-state index in [9.17, 15) is 4.79 Å². The van der Waals surface area contributed by atoms with E-state index in [-0.39, 0.29) is 17.1 Å². The summed E-state index contributed by atoms with van der Waals surface area (Å²) in [7, 11) is 6.41. The van der Waals surface area contributed by atoms with E-state index < -0.39 is 11.2 Å². The largest absolute Gasteiger partial charge is 0.493 e. The second-order valence-electron chi connectivity index (χ2n) is 9.66. The summed E-state index contributed by atoms with van der Waals surface area (Å²) in [6, 6.07) is 1.76. The van der Waals surface area contributed by atoms with E-state index >= 15 is 0 Å². The maximum absolute atomic E-state index is 13.6. The zero-order valence-corrected chi connectivity index (χ0v) is 20.2. The Hall–Kier alpha value is -1.99. The lowest BCUT2D eigenvalue weighted by Crippen LogP contribution is -2.62. The number of ketones is 1. The molecule has 7 nitrogen and oxygen atoms in total. The Morgan fingerprint density at radius 2 is 1.53 bits per heavy atom. The van der Waals surface area contributed by atoms with Crippen LogP contribution in [0.15, 0.2) is 6.07 Å². The van der Waals surface area contributed by atoms with Gasteiger partial charge in [0.15, 0.2) is 28.8 Å². The fourth-order valence-corrected chi connectivity index (χ4v) is 6.73. The number of ether oxygens (including phenoxy) is 6. The molecule has 1 heterocycles. The molecule has 1 aliphatic heterocycles. The van der Waals surface area contributed by atoms with Crippen LogP contribution >= 0.6 is 0 Å². The summed E-state index contributed by atoms with van der Waals surface area (Å²) in [6.07, 6.45) is 4.55. The van der Waals surface area contributed by atoms with Crippen LogP contribution in [0.1, 0.15) is 51.5 Å². The van der Waals surface area contributed by atoms with Crippen LogP contribution in [0.25, 0.3) is 0 Å². The smallest absolute Gasteiger partial charge is 0.174 e. The topological polar surface area (TPSA) is 72.5 Å². The Bertz CT molecular complexity index is 845. The van der Waals surface area contributed by atoms with E-state index in [1.165, 1.54) is 0 Å². The van der Waals surface area contributed by atoms with E-state index in [2.05, 4.69) is 13.8 Å². The molecule has 1 aromatic carbocycles. The number of hydrogen-bond donors (Lipinski definition) is 0. The summed E-state index contributed by atoms with van der Waals surface area (Å²) in [4.78, 5) is 13.6. The molecule has 7 heteroatoms. The van der Waals surface area contributed by atoms with Crippen LogP contribution in [0.2, 0.25) is 0 Å². The number of carbonyl (C=O) groups excluding carboxylic acids is 1. The standard InChI is InChI=1S/C25H36O7/c1-23(15-16-21(29-5)17(27-3)14-18(28-4)22(16)30-6)19-8-7-10-25(31-12-13-32-25)24(19,2)11-9-20(23)26/h14,19H,7-13,15H2,1-6H3/t19-,23-,24-/m0/s1. The van der Waals surface area contributed by atoms with Crippen molar-refractivity contribution >= 4 is 5.78 Å². The highest BCUT2D eigenvalue weighted by atomic mass is 16.7. The highest BCUT2D eigenvalue weighted by Crippen LogP contribution is 2.64. The van der Waals surface area contributed by atoms with Gasteiger partial charge in [0.25, 0.3) is 0 Å². The maximum Gasteiger partial charge on any atom is 0.174 e. The molecule has 0 unspecified atom stereocenters. The van der Waals surface area contributed by atoms with Gasteiger partial charge in [-0.15, -0.1) is 0 Å². The summed E-state index contributed by atoms with van der Waals surface area (Å²) in [5.41, 5.74) is -0.0826. The monoisotopic (exact) mass is 448 g/mol. The Balaban J connectivity index is 1.83. The summed E-state index contributed by atoms with van der Waals surface area (Å²) in [5.74, 6) is 2.03. The highest BCUT2D eigenvalue weighted by Gasteiger charge is 2.65. The Kier molecular flexibility index (Phi) is 6.09. The quantitative estimate of drug-likeness (QED) is 0.646. The van der Waals surface area contributed by atoms with Crippen molar-refractivity contribution in [2.24, 2.45) is 16.7 Å². The van der Waals surface area contributed by atoms with Crippen molar-refractivity contribution in [1.29, 1.82) is 0 Å². The van der Waals surface area contributed by atoms with Crippen LogP contribution in [0.3, 0.4) is 0 Å². The second kappa shape index (κ2) is 8.41. The molecule has 1 spiro atoms. The van der Waals surface area contributed by atoms with E-state index in [1.54, 1.807) is 34.5 Å². The van der Waals surface area contributed by atoms with E-state index in [0.717, 1.165) is 31.2 Å². The van der Waals surface area contributed by atoms with Gasteiger partial charge < -0.3 is 28.4 Å². The molecule has 2 aliphatic carbocycles. The van der Waals surface area contributed by atoms with Gasteiger partial charge in [-0.1, -0.05) is 13.8 Å².